The fourth-order valence-electron chi connectivity index (χ4n) is 2.84. The molecule has 0 unspecified atom stereocenters. The van der Waals surface area contributed by atoms with E-state index in [0.29, 0.717) is 0 Å². The smallest absolute Gasteiger partial charge is 0.168 e. The first kappa shape index (κ1) is 11.2. The van der Waals surface area contributed by atoms with Gasteiger partial charge in [-0.15, -0.1) is 0 Å². The van der Waals surface area contributed by atoms with Crippen molar-refractivity contribution in [3.63, 3.8) is 0 Å². The van der Waals surface area contributed by atoms with Gasteiger partial charge < -0.3 is 9.32 Å². The van der Waals surface area contributed by atoms with Crippen LogP contribution in [0.25, 0.3) is 16.7 Å². The van der Waals surface area contributed by atoms with Crippen LogP contribution in [0.4, 0.5) is 0 Å². The number of thioether (sulfide) groups is 1. The number of rotatable bonds is 1. The quantitative estimate of drug-likeness (QED) is 0.788. The van der Waals surface area contributed by atoms with E-state index in [1.54, 1.807) is 18.0 Å². The molecule has 1 aromatic carbocycles. The number of aliphatic imine (C=N–C) groups is 1. The third-order valence-corrected chi connectivity index (χ3v) is 4.63. The van der Waals surface area contributed by atoms with Crippen LogP contribution in [0.3, 0.4) is 0 Å². The second-order valence-electron chi connectivity index (χ2n) is 4.97. The molecule has 0 amide bonds. The fourth-order valence-corrected chi connectivity index (χ4v) is 3.88. The van der Waals surface area contributed by atoms with Crippen molar-refractivity contribution in [2.24, 2.45) is 4.99 Å². The first-order valence-electron chi connectivity index (χ1n) is 6.43. The summed E-state index contributed by atoms with van der Waals surface area (Å²) >= 11 is 1.77. The van der Waals surface area contributed by atoms with Crippen LogP contribution in [0.15, 0.2) is 38.8 Å². The molecular formula is C15H14N2OS. The van der Waals surface area contributed by atoms with Gasteiger partial charge in [0.15, 0.2) is 5.17 Å². The summed E-state index contributed by atoms with van der Waals surface area (Å²) in [7, 11) is 0. The number of fused-ring (bicyclic) bond motifs is 2. The molecule has 0 bridgehead atoms. The highest BCUT2D eigenvalue weighted by Crippen LogP contribution is 2.43. The average molecular weight is 270 g/mol. The van der Waals surface area contributed by atoms with E-state index in [1.807, 2.05) is 6.07 Å². The molecule has 2 aliphatic heterocycles. The normalized spacial score (nSPS) is 18.4. The second kappa shape index (κ2) is 3.90. The maximum Gasteiger partial charge on any atom is 0.168 e. The Labute approximate surface area is 116 Å². The van der Waals surface area contributed by atoms with Gasteiger partial charge in [0, 0.05) is 22.4 Å². The van der Waals surface area contributed by atoms with Crippen LogP contribution < -0.4 is 0 Å². The molecule has 0 fully saturated rings. The lowest BCUT2D eigenvalue weighted by Crippen LogP contribution is -2.20. The third kappa shape index (κ3) is 1.56. The first-order chi connectivity index (χ1) is 9.24. The molecule has 0 saturated carbocycles. The molecule has 19 heavy (non-hydrogen) atoms. The number of hydrogen-bond donors (Lipinski definition) is 0. The predicted octanol–water partition coefficient (Wildman–Crippen LogP) is 3.85. The minimum absolute atomic E-state index is 0.895. The lowest BCUT2D eigenvalue weighted by atomic mass is 10.0. The average Bonchev–Trinajstić information content (AvgIpc) is 3.02. The van der Waals surface area contributed by atoms with Crippen molar-refractivity contribution < 1.29 is 4.42 Å². The van der Waals surface area contributed by atoms with Crippen molar-refractivity contribution in [2.75, 3.05) is 13.1 Å². The van der Waals surface area contributed by atoms with Gasteiger partial charge in [-0.25, -0.2) is 0 Å². The van der Waals surface area contributed by atoms with Gasteiger partial charge in [0.05, 0.1) is 18.5 Å². The summed E-state index contributed by atoms with van der Waals surface area (Å²) in [5.41, 5.74) is 4.70. The van der Waals surface area contributed by atoms with Crippen molar-refractivity contribution in [1.29, 1.82) is 0 Å². The van der Waals surface area contributed by atoms with Crippen LogP contribution >= 0.6 is 11.8 Å². The minimum Gasteiger partial charge on any atom is -0.464 e. The maximum atomic E-state index is 5.70. The molecule has 0 spiro atoms. The van der Waals surface area contributed by atoms with E-state index in [2.05, 4.69) is 35.9 Å². The Morgan fingerprint density at radius 2 is 2.21 bits per heavy atom. The zero-order valence-electron chi connectivity index (χ0n) is 10.9. The molecule has 3 heterocycles. The molecule has 1 aromatic heterocycles. The molecule has 2 aliphatic rings. The maximum absolute atomic E-state index is 5.70. The highest BCUT2D eigenvalue weighted by molar-refractivity contribution is 8.17. The van der Waals surface area contributed by atoms with Crippen LogP contribution in [-0.4, -0.2) is 23.2 Å². The number of nitrogens with zero attached hydrogens (tertiary/aromatic N) is 2. The summed E-state index contributed by atoms with van der Waals surface area (Å²) in [5, 5.41) is 2.30. The summed E-state index contributed by atoms with van der Waals surface area (Å²) in [5.74, 6) is 0. The summed E-state index contributed by atoms with van der Waals surface area (Å²) in [6, 6.07) is 6.41. The van der Waals surface area contributed by atoms with Crippen LogP contribution in [0, 0.1) is 6.92 Å². The monoisotopic (exact) mass is 270 g/mol. The number of allylic oxidation sites excluding steroid dienone is 1. The molecule has 0 radical (unpaired) electrons. The van der Waals surface area contributed by atoms with E-state index in [0.717, 1.165) is 23.8 Å². The summed E-state index contributed by atoms with van der Waals surface area (Å²) in [6.07, 6.45) is 1.77. The standard InChI is InChI=1S/C15H14N2OS/c1-9-7-11-3-6-18-14(11)12(8-9)13-10(2)19-15-16-4-5-17(13)15/h3,6-8H,4-5H2,1-2H3. The lowest BCUT2D eigenvalue weighted by Gasteiger charge is -2.17. The highest BCUT2D eigenvalue weighted by Gasteiger charge is 2.32. The van der Waals surface area contributed by atoms with Crippen LogP contribution in [-0.2, 0) is 0 Å². The van der Waals surface area contributed by atoms with Gasteiger partial charge in [0.2, 0.25) is 0 Å². The Balaban J connectivity index is 1.97. The summed E-state index contributed by atoms with van der Waals surface area (Å²) in [4.78, 5) is 8.17. The topological polar surface area (TPSA) is 28.7 Å². The molecule has 0 N–H and O–H groups in total. The van der Waals surface area contributed by atoms with Gasteiger partial charge in [-0.3, -0.25) is 4.99 Å². The van der Waals surface area contributed by atoms with Crippen molar-refractivity contribution in [2.45, 2.75) is 13.8 Å². The third-order valence-electron chi connectivity index (χ3n) is 3.60. The summed E-state index contributed by atoms with van der Waals surface area (Å²) < 4.78 is 5.70. The Morgan fingerprint density at radius 3 is 3.11 bits per heavy atom. The number of aryl methyl sites for hydroxylation is 1. The van der Waals surface area contributed by atoms with Crippen molar-refractivity contribution in [3.8, 4) is 0 Å². The van der Waals surface area contributed by atoms with Crippen LogP contribution in [0.1, 0.15) is 18.1 Å². The van der Waals surface area contributed by atoms with E-state index < -0.39 is 0 Å². The van der Waals surface area contributed by atoms with Crippen LogP contribution in [0.2, 0.25) is 0 Å². The number of furan rings is 1. The van der Waals surface area contributed by atoms with Crippen molar-refractivity contribution in [1.82, 2.24) is 4.90 Å². The van der Waals surface area contributed by atoms with Crippen LogP contribution in [0.5, 0.6) is 0 Å². The van der Waals surface area contributed by atoms with E-state index >= 15 is 0 Å². The van der Waals surface area contributed by atoms with Gasteiger partial charge in [-0.2, -0.15) is 0 Å². The van der Waals surface area contributed by atoms with Gasteiger partial charge in [-0.05, 0) is 37.6 Å². The van der Waals surface area contributed by atoms with Gasteiger partial charge >= 0.3 is 0 Å². The van der Waals surface area contributed by atoms with Gasteiger partial charge in [0.25, 0.3) is 0 Å². The Morgan fingerprint density at radius 1 is 1.32 bits per heavy atom. The van der Waals surface area contributed by atoms with E-state index in [-0.39, 0.29) is 0 Å². The first-order valence-corrected chi connectivity index (χ1v) is 7.24. The largest absolute Gasteiger partial charge is 0.464 e. The highest BCUT2D eigenvalue weighted by atomic mass is 32.2. The van der Waals surface area contributed by atoms with E-state index in [9.17, 15) is 0 Å². The molecular weight excluding hydrogens is 256 g/mol. The van der Waals surface area contributed by atoms with E-state index in [1.165, 1.54) is 27.1 Å². The molecule has 4 rings (SSSR count). The van der Waals surface area contributed by atoms with E-state index in [4.69, 9.17) is 4.42 Å². The summed E-state index contributed by atoms with van der Waals surface area (Å²) in [6.45, 7) is 6.17. The molecule has 96 valence electrons. The van der Waals surface area contributed by atoms with Gasteiger partial charge in [0.1, 0.15) is 5.58 Å². The second-order valence-corrected chi connectivity index (χ2v) is 6.16. The molecule has 0 aliphatic carbocycles. The zero-order valence-corrected chi connectivity index (χ0v) is 11.8. The Hall–Kier alpha value is -1.68. The SMILES string of the molecule is CC1=C(c2cc(C)cc3ccoc23)N2CCN=C2S1. The fraction of sp³-hybridized carbons (Fsp3) is 0.267. The molecule has 3 nitrogen and oxygen atoms in total. The Bertz CT molecular complexity index is 742. The zero-order chi connectivity index (χ0) is 13.0. The number of amidine groups is 1. The predicted molar refractivity (Wildman–Crippen MR) is 80.1 cm³/mol. The number of benzene rings is 1. The Kier molecular flexibility index (Phi) is 2.30. The van der Waals surface area contributed by atoms with Crippen molar-refractivity contribution >= 4 is 33.6 Å². The molecule has 4 heteroatoms. The molecule has 0 saturated heterocycles. The van der Waals surface area contributed by atoms with Gasteiger partial charge in [-0.1, -0.05) is 11.8 Å². The van der Waals surface area contributed by atoms with Crippen molar-refractivity contribution in [3.05, 3.63) is 40.5 Å². The molecule has 0 atom stereocenters. The molecule has 2 aromatic rings. The lowest BCUT2D eigenvalue weighted by molar-refractivity contribution is 0.608. The minimum atomic E-state index is 0.895. The number of hydrogen-bond acceptors (Lipinski definition) is 4.